The lowest BCUT2D eigenvalue weighted by molar-refractivity contribution is 0.0513. The van der Waals surface area contributed by atoms with Gasteiger partial charge in [-0.25, -0.2) is 0 Å². The van der Waals surface area contributed by atoms with Crippen LogP contribution in [0, 0.1) is 0 Å². The van der Waals surface area contributed by atoms with Crippen molar-refractivity contribution in [1.82, 2.24) is 4.90 Å². The minimum absolute atomic E-state index is 0.0944. The van der Waals surface area contributed by atoms with Gasteiger partial charge in [-0.1, -0.05) is 36.6 Å². The van der Waals surface area contributed by atoms with Crippen molar-refractivity contribution in [3.05, 3.63) is 28.8 Å². The van der Waals surface area contributed by atoms with Crippen LogP contribution in [0.1, 0.15) is 37.7 Å². The molecule has 2 heterocycles. The van der Waals surface area contributed by atoms with Gasteiger partial charge in [-0.3, -0.25) is 4.90 Å². The van der Waals surface area contributed by atoms with E-state index in [9.17, 15) is 0 Å². The van der Waals surface area contributed by atoms with Crippen LogP contribution in [0.2, 0.25) is 5.02 Å². The van der Waals surface area contributed by atoms with Crippen LogP contribution in [0.3, 0.4) is 0 Å². The first-order chi connectivity index (χ1) is 9.78. The zero-order chi connectivity index (χ0) is 14.0. The number of para-hydroxylation sites is 1. The van der Waals surface area contributed by atoms with Crippen molar-refractivity contribution < 1.29 is 4.74 Å². The molecule has 0 saturated carbocycles. The van der Waals surface area contributed by atoms with E-state index in [1.807, 2.05) is 12.1 Å². The van der Waals surface area contributed by atoms with Crippen molar-refractivity contribution in [3.8, 4) is 5.75 Å². The Kier molecular flexibility index (Phi) is 4.20. The van der Waals surface area contributed by atoms with E-state index in [0.717, 1.165) is 25.3 Å². The molecule has 4 heteroatoms. The summed E-state index contributed by atoms with van der Waals surface area (Å²) < 4.78 is 5.82. The summed E-state index contributed by atoms with van der Waals surface area (Å²) in [5.74, 6) is 0.843. The minimum atomic E-state index is -0.0944. The summed E-state index contributed by atoms with van der Waals surface area (Å²) in [5.41, 5.74) is 7.33. The number of hydrogen-bond acceptors (Lipinski definition) is 3. The SMILES string of the molecule is NCC1(N2CCCCCC2)CCOc2c(Cl)cccc21. The lowest BCUT2D eigenvalue weighted by Gasteiger charge is -2.46. The molecule has 1 unspecified atom stereocenters. The monoisotopic (exact) mass is 294 g/mol. The first kappa shape index (κ1) is 14.2. The molecule has 0 radical (unpaired) electrons. The first-order valence-corrected chi connectivity index (χ1v) is 8.03. The Balaban J connectivity index is 2.03. The maximum Gasteiger partial charge on any atom is 0.142 e. The molecule has 1 atom stereocenters. The van der Waals surface area contributed by atoms with Gasteiger partial charge in [0.2, 0.25) is 0 Å². The maximum absolute atomic E-state index is 6.31. The lowest BCUT2D eigenvalue weighted by Crippen LogP contribution is -2.54. The van der Waals surface area contributed by atoms with Gasteiger partial charge in [-0.05, 0) is 32.0 Å². The second kappa shape index (κ2) is 5.92. The predicted octanol–water partition coefficient (Wildman–Crippen LogP) is 3.15. The van der Waals surface area contributed by atoms with E-state index in [1.165, 1.54) is 31.2 Å². The number of nitrogens with zero attached hydrogens (tertiary/aromatic N) is 1. The first-order valence-electron chi connectivity index (χ1n) is 7.65. The number of ether oxygens (including phenoxy) is 1. The minimum Gasteiger partial charge on any atom is -0.492 e. The second-order valence-electron chi connectivity index (χ2n) is 5.85. The largest absolute Gasteiger partial charge is 0.492 e. The molecule has 1 aromatic carbocycles. The highest BCUT2D eigenvalue weighted by Gasteiger charge is 2.42. The van der Waals surface area contributed by atoms with Crippen molar-refractivity contribution in [3.63, 3.8) is 0 Å². The third kappa shape index (κ3) is 2.32. The quantitative estimate of drug-likeness (QED) is 0.910. The molecule has 0 aliphatic carbocycles. The smallest absolute Gasteiger partial charge is 0.142 e. The molecule has 0 spiro atoms. The number of nitrogens with two attached hydrogens (primary N) is 1. The number of halogens is 1. The fourth-order valence-electron chi connectivity index (χ4n) is 3.65. The molecule has 3 rings (SSSR count). The number of fused-ring (bicyclic) bond motifs is 1. The van der Waals surface area contributed by atoms with Gasteiger partial charge in [-0.15, -0.1) is 0 Å². The summed E-state index contributed by atoms with van der Waals surface area (Å²) in [6.45, 7) is 3.58. The average molecular weight is 295 g/mol. The van der Waals surface area contributed by atoms with Gasteiger partial charge in [0.15, 0.2) is 0 Å². The van der Waals surface area contributed by atoms with E-state index in [-0.39, 0.29) is 5.54 Å². The topological polar surface area (TPSA) is 38.5 Å². The van der Waals surface area contributed by atoms with E-state index in [4.69, 9.17) is 22.1 Å². The van der Waals surface area contributed by atoms with Crippen molar-refractivity contribution in [2.45, 2.75) is 37.6 Å². The Morgan fingerprint density at radius 3 is 2.65 bits per heavy atom. The van der Waals surface area contributed by atoms with E-state index in [0.29, 0.717) is 18.2 Å². The Morgan fingerprint density at radius 1 is 1.20 bits per heavy atom. The average Bonchev–Trinajstić information content (AvgIpc) is 2.77. The molecule has 0 aromatic heterocycles. The third-order valence-electron chi connectivity index (χ3n) is 4.78. The molecule has 1 fully saturated rings. The summed E-state index contributed by atoms with van der Waals surface area (Å²) in [4.78, 5) is 2.58. The van der Waals surface area contributed by atoms with Gasteiger partial charge in [0.25, 0.3) is 0 Å². The third-order valence-corrected chi connectivity index (χ3v) is 5.08. The van der Waals surface area contributed by atoms with E-state index >= 15 is 0 Å². The van der Waals surface area contributed by atoms with Gasteiger partial charge in [-0.2, -0.15) is 0 Å². The molecule has 0 amide bonds. The van der Waals surface area contributed by atoms with E-state index in [1.54, 1.807) is 0 Å². The highest BCUT2D eigenvalue weighted by Crippen LogP contribution is 2.44. The second-order valence-corrected chi connectivity index (χ2v) is 6.26. The fraction of sp³-hybridized carbons (Fsp3) is 0.625. The number of hydrogen-bond donors (Lipinski definition) is 1. The summed E-state index contributed by atoms with van der Waals surface area (Å²) in [5, 5.41) is 0.704. The highest BCUT2D eigenvalue weighted by atomic mass is 35.5. The highest BCUT2D eigenvalue weighted by molar-refractivity contribution is 6.32. The van der Waals surface area contributed by atoms with Gasteiger partial charge in [0, 0.05) is 18.5 Å². The normalized spacial score (nSPS) is 27.5. The molecule has 2 N–H and O–H groups in total. The van der Waals surface area contributed by atoms with Crippen molar-refractivity contribution in [2.24, 2.45) is 5.73 Å². The van der Waals surface area contributed by atoms with Crippen LogP contribution in [-0.2, 0) is 5.54 Å². The predicted molar refractivity (Wildman–Crippen MR) is 82.3 cm³/mol. The standard InChI is InChI=1S/C16H23ClN2O/c17-14-7-5-6-13-15(14)20-11-8-16(13,12-18)19-9-3-1-2-4-10-19/h5-7H,1-4,8-12,18H2. The summed E-state index contributed by atoms with van der Waals surface area (Å²) in [7, 11) is 0. The van der Waals surface area contributed by atoms with E-state index < -0.39 is 0 Å². The molecule has 2 aliphatic rings. The molecule has 20 heavy (non-hydrogen) atoms. The number of rotatable bonds is 2. The van der Waals surface area contributed by atoms with Crippen LogP contribution in [-0.4, -0.2) is 31.1 Å². The van der Waals surface area contributed by atoms with Crippen LogP contribution in [0.4, 0.5) is 0 Å². The molecule has 1 saturated heterocycles. The van der Waals surface area contributed by atoms with Crippen molar-refractivity contribution in [1.29, 1.82) is 0 Å². The van der Waals surface area contributed by atoms with Crippen LogP contribution < -0.4 is 10.5 Å². The molecule has 3 nitrogen and oxygen atoms in total. The van der Waals surface area contributed by atoms with E-state index in [2.05, 4.69) is 11.0 Å². The van der Waals surface area contributed by atoms with Gasteiger partial charge in [0.05, 0.1) is 17.2 Å². The molecular formula is C16H23ClN2O. The Morgan fingerprint density at radius 2 is 1.95 bits per heavy atom. The van der Waals surface area contributed by atoms with Crippen molar-refractivity contribution in [2.75, 3.05) is 26.2 Å². The Bertz CT molecular complexity index is 472. The zero-order valence-electron chi connectivity index (χ0n) is 11.9. The maximum atomic E-state index is 6.31. The van der Waals surface area contributed by atoms with Crippen LogP contribution in [0.25, 0.3) is 0 Å². The van der Waals surface area contributed by atoms with Gasteiger partial charge in [0.1, 0.15) is 5.75 Å². The van der Waals surface area contributed by atoms with Gasteiger partial charge >= 0.3 is 0 Å². The number of likely N-dealkylation sites (tertiary alicyclic amines) is 1. The van der Waals surface area contributed by atoms with Crippen LogP contribution >= 0.6 is 11.6 Å². The molecule has 0 bridgehead atoms. The summed E-state index contributed by atoms with van der Waals surface area (Å²) in [6, 6.07) is 6.05. The molecule has 1 aromatic rings. The molecular weight excluding hydrogens is 272 g/mol. The molecule has 110 valence electrons. The lowest BCUT2D eigenvalue weighted by atomic mass is 9.82. The Hall–Kier alpha value is -0.770. The summed E-state index contributed by atoms with van der Waals surface area (Å²) >= 11 is 6.31. The summed E-state index contributed by atoms with van der Waals surface area (Å²) in [6.07, 6.45) is 6.14. The van der Waals surface area contributed by atoms with Gasteiger partial charge < -0.3 is 10.5 Å². The van der Waals surface area contributed by atoms with Crippen LogP contribution in [0.5, 0.6) is 5.75 Å². The zero-order valence-corrected chi connectivity index (χ0v) is 12.7. The molecule has 2 aliphatic heterocycles. The number of benzene rings is 1. The Labute approximate surface area is 126 Å². The fourth-order valence-corrected chi connectivity index (χ4v) is 3.88. The van der Waals surface area contributed by atoms with Crippen LogP contribution in [0.15, 0.2) is 18.2 Å². The van der Waals surface area contributed by atoms with Crippen molar-refractivity contribution >= 4 is 11.6 Å².